The van der Waals surface area contributed by atoms with Gasteiger partial charge in [-0.25, -0.2) is 4.98 Å². The first kappa shape index (κ1) is 12.1. The molecular weight excluding hydrogens is 260 g/mol. The Balaban J connectivity index is 1.84. The van der Waals surface area contributed by atoms with E-state index in [1.165, 1.54) is 5.56 Å². The van der Waals surface area contributed by atoms with Crippen LogP contribution in [-0.4, -0.2) is 19.6 Å². The molecule has 0 aliphatic rings. The molecule has 5 heteroatoms. The molecule has 3 rings (SSSR count). The summed E-state index contributed by atoms with van der Waals surface area (Å²) in [5, 5.41) is 4.92. The summed E-state index contributed by atoms with van der Waals surface area (Å²) in [6, 6.07) is 12.1. The molecule has 0 aliphatic carbocycles. The molecule has 0 saturated heterocycles. The van der Waals surface area contributed by atoms with Crippen LogP contribution in [0, 0.1) is 6.92 Å². The fourth-order valence-electron chi connectivity index (χ4n) is 1.99. The van der Waals surface area contributed by atoms with E-state index in [-0.39, 0.29) is 0 Å². The Labute approximate surface area is 116 Å². The maximum absolute atomic E-state index is 6.11. The van der Waals surface area contributed by atoms with Crippen molar-refractivity contribution in [2.45, 2.75) is 19.8 Å². The molecule has 0 radical (unpaired) electrons. The monoisotopic (exact) mass is 272 g/mol. The van der Waals surface area contributed by atoms with Gasteiger partial charge in [-0.15, -0.1) is 5.10 Å². The second-order valence-corrected chi connectivity index (χ2v) is 4.83. The molecule has 96 valence electrons. The molecule has 1 aromatic carbocycles. The first-order chi connectivity index (χ1) is 9.22. The van der Waals surface area contributed by atoms with Crippen LogP contribution < -0.4 is 0 Å². The standard InChI is InChI=1S/C14H13ClN4/c1-10-9-12(15)19-14(16-10)17-13(18-19)8-7-11-5-3-2-4-6-11/h2-6,9H,7-8H2,1H3. The minimum absolute atomic E-state index is 0.543. The summed E-state index contributed by atoms with van der Waals surface area (Å²) in [6.45, 7) is 1.89. The van der Waals surface area contributed by atoms with E-state index in [0.29, 0.717) is 10.9 Å². The number of aromatic nitrogens is 4. The third-order valence-electron chi connectivity index (χ3n) is 2.92. The van der Waals surface area contributed by atoms with E-state index in [9.17, 15) is 0 Å². The highest BCUT2D eigenvalue weighted by Gasteiger charge is 2.08. The average molecular weight is 273 g/mol. The number of hydrogen-bond acceptors (Lipinski definition) is 3. The minimum Gasteiger partial charge on any atom is -0.216 e. The van der Waals surface area contributed by atoms with Crippen molar-refractivity contribution in [1.82, 2.24) is 19.6 Å². The van der Waals surface area contributed by atoms with Gasteiger partial charge in [-0.3, -0.25) is 0 Å². The Morgan fingerprint density at radius 2 is 1.89 bits per heavy atom. The van der Waals surface area contributed by atoms with Crippen LogP contribution in [0.5, 0.6) is 0 Å². The molecule has 3 aromatic rings. The van der Waals surface area contributed by atoms with Crippen molar-refractivity contribution < 1.29 is 0 Å². The van der Waals surface area contributed by atoms with E-state index < -0.39 is 0 Å². The van der Waals surface area contributed by atoms with Crippen LogP contribution in [-0.2, 0) is 12.8 Å². The summed E-state index contributed by atoms with van der Waals surface area (Å²) in [7, 11) is 0. The van der Waals surface area contributed by atoms with Crippen LogP contribution >= 0.6 is 11.6 Å². The molecule has 0 saturated carbocycles. The number of nitrogens with zero attached hydrogens (tertiary/aromatic N) is 4. The lowest BCUT2D eigenvalue weighted by atomic mass is 10.1. The topological polar surface area (TPSA) is 43.1 Å². The van der Waals surface area contributed by atoms with Gasteiger partial charge in [0, 0.05) is 12.1 Å². The second-order valence-electron chi connectivity index (χ2n) is 4.45. The molecule has 2 aromatic heterocycles. The normalized spacial score (nSPS) is 11.1. The SMILES string of the molecule is Cc1cc(Cl)n2nc(CCc3ccccc3)nc2n1. The smallest absolute Gasteiger partial charge is 0.216 e. The number of hydrogen-bond donors (Lipinski definition) is 0. The Morgan fingerprint density at radius 3 is 2.68 bits per heavy atom. The van der Waals surface area contributed by atoms with Crippen LogP contribution in [0.15, 0.2) is 36.4 Å². The highest BCUT2D eigenvalue weighted by atomic mass is 35.5. The number of aryl methyl sites for hydroxylation is 3. The summed E-state index contributed by atoms with van der Waals surface area (Å²) in [6.07, 6.45) is 1.69. The fourth-order valence-corrected chi connectivity index (χ4v) is 2.26. The van der Waals surface area contributed by atoms with Crippen molar-refractivity contribution in [3.05, 3.63) is 58.6 Å². The molecule has 0 bridgehead atoms. The molecule has 0 amide bonds. The van der Waals surface area contributed by atoms with Gasteiger partial charge in [0.1, 0.15) is 5.15 Å². The van der Waals surface area contributed by atoms with Gasteiger partial charge in [-0.05, 0) is 25.0 Å². The van der Waals surface area contributed by atoms with E-state index in [0.717, 1.165) is 24.4 Å². The lowest BCUT2D eigenvalue weighted by Crippen LogP contribution is -1.95. The molecule has 0 spiro atoms. The van der Waals surface area contributed by atoms with Crippen LogP contribution in [0.25, 0.3) is 5.78 Å². The number of fused-ring (bicyclic) bond motifs is 1. The summed E-state index contributed by atoms with van der Waals surface area (Å²) in [5.41, 5.74) is 2.12. The van der Waals surface area contributed by atoms with Gasteiger partial charge in [-0.1, -0.05) is 41.9 Å². The summed E-state index contributed by atoms with van der Waals surface area (Å²) >= 11 is 6.11. The highest BCUT2D eigenvalue weighted by Crippen LogP contribution is 2.12. The van der Waals surface area contributed by atoms with Crippen molar-refractivity contribution in [3.63, 3.8) is 0 Å². The van der Waals surface area contributed by atoms with Gasteiger partial charge < -0.3 is 0 Å². The van der Waals surface area contributed by atoms with Crippen molar-refractivity contribution in [2.75, 3.05) is 0 Å². The number of halogens is 1. The summed E-state index contributed by atoms with van der Waals surface area (Å²) in [5.74, 6) is 1.33. The molecule has 0 atom stereocenters. The van der Waals surface area contributed by atoms with Gasteiger partial charge in [0.05, 0.1) is 0 Å². The first-order valence-electron chi connectivity index (χ1n) is 6.15. The zero-order valence-electron chi connectivity index (χ0n) is 10.5. The molecule has 0 fully saturated rings. The first-order valence-corrected chi connectivity index (χ1v) is 6.53. The van der Waals surface area contributed by atoms with E-state index in [2.05, 4.69) is 27.2 Å². The Kier molecular flexibility index (Phi) is 3.17. The third kappa shape index (κ3) is 2.58. The van der Waals surface area contributed by atoms with Crippen molar-refractivity contribution in [2.24, 2.45) is 0 Å². The Hall–Kier alpha value is -1.94. The average Bonchev–Trinajstić information content (AvgIpc) is 2.81. The molecule has 0 N–H and O–H groups in total. The van der Waals surface area contributed by atoms with Crippen molar-refractivity contribution >= 4 is 17.4 Å². The lowest BCUT2D eigenvalue weighted by Gasteiger charge is -1.97. The van der Waals surface area contributed by atoms with Gasteiger partial charge >= 0.3 is 0 Å². The number of rotatable bonds is 3. The van der Waals surface area contributed by atoms with Crippen LogP contribution in [0.2, 0.25) is 5.15 Å². The zero-order chi connectivity index (χ0) is 13.2. The van der Waals surface area contributed by atoms with E-state index in [1.807, 2.05) is 25.1 Å². The predicted molar refractivity (Wildman–Crippen MR) is 74.4 cm³/mol. The Morgan fingerprint density at radius 1 is 1.11 bits per heavy atom. The third-order valence-corrected chi connectivity index (χ3v) is 3.19. The van der Waals surface area contributed by atoms with Gasteiger partial charge in [-0.2, -0.15) is 9.50 Å². The Bertz CT molecular complexity index is 706. The van der Waals surface area contributed by atoms with Gasteiger partial charge in [0.15, 0.2) is 5.82 Å². The molecule has 19 heavy (non-hydrogen) atoms. The maximum atomic E-state index is 6.11. The van der Waals surface area contributed by atoms with Crippen LogP contribution in [0.1, 0.15) is 17.1 Å². The van der Waals surface area contributed by atoms with Crippen molar-refractivity contribution in [1.29, 1.82) is 0 Å². The van der Waals surface area contributed by atoms with Gasteiger partial charge in [0.2, 0.25) is 0 Å². The second kappa shape index (κ2) is 4.97. The molecule has 0 aliphatic heterocycles. The van der Waals surface area contributed by atoms with Crippen molar-refractivity contribution in [3.8, 4) is 0 Å². The van der Waals surface area contributed by atoms with E-state index >= 15 is 0 Å². The highest BCUT2D eigenvalue weighted by molar-refractivity contribution is 6.29. The predicted octanol–water partition coefficient (Wildman–Crippen LogP) is 2.87. The summed E-state index contributed by atoms with van der Waals surface area (Å²) < 4.78 is 1.58. The molecule has 2 heterocycles. The van der Waals surface area contributed by atoms with Crippen LogP contribution in [0.3, 0.4) is 0 Å². The van der Waals surface area contributed by atoms with Gasteiger partial charge in [0.25, 0.3) is 5.78 Å². The van der Waals surface area contributed by atoms with E-state index in [4.69, 9.17) is 11.6 Å². The molecular formula is C14H13ClN4. The van der Waals surface area contributed by atoms with E-state index in [1.54, 1.807) is 10.6 Å². The maximum Gasteiger partial charge on any atom is 0.254 e. The molecule has 0 unspecified atom stereocenters. The molecule has 4 nitrogen and oxygen atoms in total. The number of benzene rings is 1. The zero-order valence-corrected chi connectivity index (χ0v) is 11.3. The quantitative estimate of drug-likeness (QED) is 0.689. The fraction of sp³-hybridized carbons (Fsp3) is 0.214. The largest absolute Gasteiger partial charge is 0.254 e. The summed E-state index contributed by atoms with van der Waals surface area (Å²) in [4.78, 5) is 8.72. The van der Waals surface area contributed by atoms with Crippen LogP contribution in [0.4, 0.5) is 0 Å². The minimum atomic E-state index is 0.543. The lowest BCUT2D eigenvalue weighted by molar-refractivity contribution is 0.834.